The molecule has 0 aromatic rings. The number of sulfone groups is 1. The van der Waals surface area contributed by atoms with Gasteiger partial charge in [-0.25, -0.2) is 8.42 Å². The fraction of sp³-hybridized carbons (Fsp3) is 1.00. The van der Waals surface area contributed by atoms with Crippen molar-refractivity contribution >= 4 is 9.84 Å². The summed E-state index contributed by atoms with van der Waals surface area (Å²) in [6, 6.07) is 0. The van der Waals surface area contributed by atoms with Crippen LogP contribution in [0, 0.1) is 0 Å². The van der Waals surface area contributed by atoms with Crippen LogP contribution in [0.25, 0.3) is 0 Å². The second kappa shape index (κ2) is 2.97. The van der Waals surface area contributed by atoms with Crippen molar-refractivity contribution in [2.45, 2.75) is 30.6 Å². The van der Waals surface area contributed by atoms with E-state index >= 15 is 0 Å². The third-order valence-electron chi connectivity index (χ3n) is 2.41. The highest BCUT2D eigenvalue weighted by Gasteiger charge is 2.43. The maximum Gasteiger partial charge on any atom is 0.154 e. The molecule has 12 heavy (non-hydrogen) atoms. The molecule has 0 aromatic heterocycles. The summed E-state index contributed by atoms with van der Waals surface area (Å²) in [4.78, 5) is 0. The fourth-order valence-corrected chi connectivity index (χ4v) is 3.63. The van der Waals surface area contributed by atoms with Crippen molar-refractivity contribution in [3.63, 3.8) is 0 Å². The maximum absolute atomic E-state index is 11.3. The van der Waals surface area contributed by atoms with E-state index in [0.29, 0.717) is 12.8 Å². The molecule has 3 N–H and O–H groups in total. The third-order valence-corrected chi connectivity index (χ3v) is 4.78. The molecule has 0 bridgehead atoms. The van der Waals surface area contributed by atoms with Crippen LogP contribution in [0.4, 0.5) is 0 Å². The highest BCUT2D eigenvalue weighted by Crippen LogP contribution is 2.29. The topological polar surface area (TPSA) is 80.4 Å². The quantitative estimate of drug-likeness (QED) is 0.606. The number of rotatable bonds is 2. The van der Waals surface area contributed by atoms with E-state index in [2.05, 4.69) is 0 Å². The summed E-state index contributed by atoms with van der Waals surface area (Å²) in [5, 5.41) is 8.32. The van der Waals surface area contributed by atoms with E-state index in [1.807, 2.05) is 0 Å². The minimum Gasteiger partial charge on any atom is -0.396 e. The van der Waals surface area contributed by atoms with Gasteiger partial charge in [0.05, 0.1) is 11.0 Å². The SMILES string of the molecule is CC1CC(N)(CCO)CS1(=O)=O. The molecule has 1 heterocycles. The zero-order chi connectivity index (χ0) is 9.41. The van der Waals surface area contributed by atoms with Crippen LogP contribution in [0.1, 0.15) is 19.8 Å². The largest absolute Gasteiger partial charge is 0.396 e. The van der Waals surface area contributed by atoms with Gasteiger partial charge in [0.1, 0.15) is 0 Å². The summed E-state index contributed by atoms with van der Waals surface area (Å²) in [5.41, 5.74) is 5.11. The van der Waals surface area contributed by atoms with Gasteiger partial charge >= 0.3 is 0 Å². The fourth-order valence-electron chi connectivity index (χ4n) is 1.70. The molecule has 0 aliphatic carbocycles. The van der Waals surface area contributed by atoms with E-state index in [-0.39, 0.29) is 17.6 Å². The number of aliphatic hydroxyl groups is 1. The Labute approximate surface area is 72.7 Å². The van der Waals surface area contributed by atoms with E-state index < -0.39 is 15.4 Å². The second-order valence-corrected chi connectivity index (χ2v) is 6.08. The lowest BCUT2D eigenvalue weighted by Crippen LogP contribution is -2.41. The van der Waals surface area contributed by atoms with Crippen molar-refractivity contribution < 1.29 is 13.5 Å². The molecule has 1 fully saturated rings. The Kier molecular flexibility index (Phi) is 2.47. The van der Waals surface area contributed by atoms with Crippen LogP contribution in [-0.2, 0) is 9.84 Å². The molecule has 5 heteroatoms. The van der Waals surface area contributed by atoms with Gasteiger partial charge in [0.2, 0.25) is 0 Å². The van der Waals surface area contributed by atoms with Crippen LogP contribution in [0.2, 0.25) is 0 Å². The van der Waals surface area contributed by atoms with Crippen LogP contribution in [0.15, 0.2) is 0 Å². The summed E-state index contributed by atoms with van der Waals surface area (Å²) < 4.78 is 22.6. The van der Waals surface area contributed by atoms with Crippen molar-refractivity contribution in [1.82, 2.24) is 0 Å². The molecule has 0 spiro atoms. The average molecular weight is 193 g/mol. The number of aliphatic hydroxyl groups excluding tert-OH is 1. The highest BCUT2D eigenvalue weighted by atomic mass is 32.2. The van der Waals surface area contributed by atoms with Crippen molar-refractivity contribution in [1.29, 1.82) is 0 Å². The third kappa shape index (κ3) is 1.78. The van der Waals surface area contributed by atoms with Crippen molar-refractivity contribution in [3.8, 4) is 0 Å². The molecule has 2 atom stereocenters. The molecule has 1 saturated heterocycles. The van der Waals surface area contributed by atoms with Gasteiger partial charge in [0.15, 0.2) is 9.84 Å². The van der Waals surface area contributed by atoms with Crippen molar-refractivity contribution in [2.75, 3.05) is 12.4 Å². The minimum atomic E-state index is -2.99. The van der Waals surface area contributed by atoms with E-state index in [1.165, 1.54) is 0 Å². The maximum atomic E-state index is 11.3. The number of hydrogen-bond acceptors (Lipinski definition) is 4. The molecule has 1 aliphatic rings. The Morgan fingerprint density at radius 1 is 1.67 bits per heavy atom. The first kappa shape index (κ1) is 9.95. The first-order valence-electron chi connectivity index (χ1n) is 4.01. The predicted molar refractivity (Wildman–Crippen MR) is 46.5 cm³/mol. The molecule has 0 saturated carbocycles. The van der Waals surface area contributed by atoms with Gasteiger partial charge in [-0.3, -0.25) is 0 Å². The molecule has 72 valence electrons. The van der Waals surface area contributed by atoms with Gasteiger partial charge in [0.25, 0.3) is 0 Å². The van der Waals surface area contributed by atoms with Gasteiger partial charge in [0, 0.05) is 12.1 Å². The lowest BCUT2D eigenvalue weighted by Gasteiger charge is -2.20. The zero-order valence-electron chi connectivity index (χ0n) is 7.16. The zero-order valence-corrected chi connectivity index (χ0v) is 7.97. The van der Waals surface area contributed by atoms with Crippen LogP contribution < -0.4 is 5.73 Å². The van der Waals surface area contributed by atoms with Crippen molar-refractivity contribution in [2.24, 2.45) is 5.73 Å². The minimum absolute atomic E-state index is 0.0156. The summed E-state index contributed by atoms with van der Waals surface area (Å²) in [5.74, 6) is 0.0156. The van der Waals surface area contributed by atoms with Crippen molar-refractivity contribution in [3.05, 3.63) is 0 Å². The lowest BCUT2D eigenvalue weighted by molar-refractivity contribution is 0.246. The molecule has 0 amide bonds. The Morgan fingerprint density at radius 3 is 2.58 bits per heavy atom. The van der Waals surface area contributed by atoms with Crippen LogP contribution >= 0.6 is 0 Å². The second-order valence-electron chi connectivity index (χ2n) is 3.66. The first-order valence-corrected chi connectivity index (χ1v) is 5.72. The molecular weight excluding hydrogens is 178 g/mol. The Bertz CT molecular complexity index is 262. The van der Waals surface area contributed by atoms with E-state index in [9.17, 15) is 8.42 Å². The molecule has 0 radical (unpaired) electrons. The number of hydrogen-bond donors (Lipinski definition) is 2. The normalized spacial score (nSPS) is 40.1. The molecule has 1 aliphatic heterocycles. The average Bonchev–Trinajstić information content (AvgIpc) is 2.02. The highest BCUT2D eigenvalue weighted by molar-refractivity contribution is 7.92. The van der Waals surface area contributed by atoms with Gasteiger partial charge in [-0.05, 0) is 19.8 Å². The smallest absolute Gasteiger partial charge is 0.154 e. The van der Waals surface area contributed by atoms with E-state index in [4.69, 9.17) is 10.8 Å². The number of nitrogens with two attached hydrogens (primary N) is 1. The molecule has 2 unspecified atom stereocenters. The van der Waals surface area contributed by atoms with Gasteiger partial charge in [-0.2, -0.15) is 0 Å². The van der Waals surface area contributed by atoms with Gasteiger partial charge < -0.3 is 10.8 Å². The molecule has 0 aromatic carbocycles. The standard InChI is InChI=1S/C7H15NO3S/c1-6-4-7(8,2-3-9)5-12(6,10)11/h6,9H,2-5,8H2,1H3. The first-order chi connectivity index (χ1) is 5.40. The Morgan fingerprint density at radius 2 is 2.25 bits per heavy atom. The van der Waals surface area contributed by atoms with Crippen LogP contribution in [-0.4, -0.2) is 36.7 Å². The molecule has 4 nitrogen and oxygen atoms in total. The Hall–Kier alpha value is -0.130. The Balaban J connectivity index is 2.78. The van der Waals surface area contributed by atoms with Gasteiger partial charge in [-0.15, -0.1) is 0 Å². The van der Waals surface area contributed by atoms with Crippen LogP contribution in [0.3, 0.4) is 0 Å². The van der Waals surface area contributed by atoms with E-state index in [1.54, 1.807) is 6.92 Å². The molecule has 1 rings (SSSR count). The predicted octanol–water partition coefficient (Wildman–Crippen LogP) is -0.727. The monoisotopic (exact) mass is 193 g/mol. The van der Waals surface area contributed by atoms with E-state index in [0.717, 1.165) is 0 Å². The molecular formula is C7H15NO3S. The summed E-state index contributed by atoms with van der Waals surface area (Å²) in [6.45, 7) is 1.63. The summed E-state index contributed by atoms with van der Waals surface area (Å²) in [7, 11) is -2.99. The van der Waals surface area contributed by atoms with Gasteiger partial charge in [-0.1, -0.05) is 0 Å². The summed E-state index contributed by atoms with van der Waals surface area (Å²) >= 11 is 0. The van der Waals surface area contributed by atoms with Crippen LogP contribution in [0.5, 0.6) is 0 Å². The lowest BCUT2D eigenvalue weighted by atomic mass is 9.94. The summed E-state index contributed by atoms with van der Waals surface area (Å²) in [6.07, 6.45) is 0.840.